The summed E-state index contributed by atoms with van der Waals surface area (Å²) in [4.78, 5) is 4.90. The fraction of sp³-hybridized carbons (Fsp3) is 0.571. The molecule has 1 aromatic rings. The Bertz CT molecular complexity index is 370. The number of hydrogen-bond acceptors (Lipinski definition) is 5. The molecule has 0 saturated carbocycles. The van der Waals surface area contributed by atoms with Crippen LogP contribution in [0.4, 0.5) is 0 Å². The number of nitrogens with two attached hydrogens (primary N) is 1. The molecular weight excluding hydrogens is 208 g/mol. The van der Waals surface area contributed by atoms with E-state index in [1.807, 2.05) is 0 Å². The third-order valence-electron chi connectivity index (χ3n) is 1.59. The number of aromatic nitrogens is 1. The predicted octanol–water partition coefficient (Wildman–Crippen LogP) is 0.537. The summed E-state index contributed by atoms with van der Waals surface area (Å²) in [5, 5.41) is 0.627. The van der Waals surface area contributed by atoms with Gasteiger partial charge in [0.1, 0.15) is 10.8 Å². The number of rotatable bonds is 4. The van der Waals surface area contributed by atoms with Gasteiger partial charge in [0.25, 0.3) is 0 Å². The van der Waals surface area contributed by atoms with Crippen LogP contribution in [-0.2, 0) is 22.1 Å². The maximum atomic E-state index is 11.2. The van der Waals surface area contributed by atoms with E-state index in [-0.39, 0.29) is 11.5 Å². The van der Waals surface area contributed by atoms with Crippen LogP contribution >= 0.6 is 11.3 Å². The predicted molar refractivity (Wildman–Crippen MR) is 53.2 cm³/mol. The monoisotopic (exact) mass is 220 g/mol. The number of thiazole rings is 1. The molecule has 0 unspecified atom stereocenters. The van der Waals surface area contributed by atoms with Crippen LogP contribution in [0.2, 0.25) is 0 Å². The van der Waals surface area contributed by atoms with Gasteiger partial charge in [0.2, 0.25) is 0 Å². The minimum absolute atomic E-state index is 0.0359. The lowest BCUT2D eigenvalue weighted by Crippen LogP contribution is -2.05. The minimum atomic E-state index is -2.96. The second-order valence-electron chi connectivity index (χ2n) is 2.60. The quantitative estimate of drug-likeness (QED) is 0.803. The first-order valence-corrected chi connectivity index (χ1v) is 6.55. The Labute approximate surface area is 81.7 Å². The van der Waals surface area contributed by atoms with E-state index < -0.39 is 9.84 Å². The number of hydrogen-bond donors (Lipinski definition) is 1. The Morgan fingerprint density at radius 3 is 2.77 bits per heavy atom. The van der Waals surface area contributed by atoms with Gasteiger partial charge >= 0.3 is 0 Å². The van der Waals surface area contributed by atoms with E-state index in [1.165, 1.54) is 11.3 Å². The molecule has 13 heavy (non-hydrogen) atoms. The molecule has 4 nitrogen and oxygen atoms in total. The van der Waals surface area contributed by atoms with E-state index in [1.54, 1.807) is 13.1 Å². The van der Waals surface area contributed by atoms with Crippen molar-refractivity contribution in [3.8, 4) is 0 Å². The van der Waals surface area contributed by atoms with Gasteiger partial charge in [-0.1, -0.05) is 6.92 Å². The Balaban J connectivity index is 2.75. The van der Waals surface area contributed by atoms with Gasteiger partial charge in [0.05, 0.1) is 0 Å². The van der Waals surface area contributed by atoms with Crippen molar-refractivity contribution in [3.05, 3.63) is 16.1 Å². The summed E-state index contributed by atoms with van der Waals surface area (Å²) in [6.07, 6.45) is 1.63. The van der Waals surface area contributed by atoms with E-state index in [2.05, 4.69) is 4.98 Å². The Hall–Kier alpha value is -0.460. The van der Waals surface area contributed by atoms with E-state index in [4.69, 9.17) is 5.73 Å². The molecule has 0 fully saturated rings. The van der Waals surface area contributed by atoms with Crippen molar-refractivity contribution in [2.45, 2.75) is 19.2 Å². The molecule has 1 rings (SSSR count). The zero-order valence-electron chi connectivity index (χ0n) is 7.36. The van der Waals surface area contributed by atoms with Crippen molar-refractivity contribution in [2.75, 3.05) is 5.75 Å². The van der Waals surface area contributed by atoms with E-state index in [0.717, 1.165) is 4.88 Å². The van der Waals surface area contributed by atoms with Crippen LogP contribution in [0.5, 0.6) is 0 Å². The van der Waals surface area contributed by atoms with Gasteiger partial charge < -0.3 is 5.73 Å². The van der Waals surface area contributed by atoms with Gasteiger partial charge in [-0.05, 0) is 0 Å². The van der Waals surface area contributed by atoms with Gasteiger partial charge in [-0.2, -0.15) is 0 Å². The van der Waals surface area contributed by atoms with Crippen molar-refractivity contribution in [3.63, 3.8) is 0 Å². The van der Waals surface area contributed by atoms with Crippen molar-refractivity contribution in [1.82, 2.24) is 4.98 Å². The zero-order valence-corrected chi connectivity index (χ0v) is 8.99. The van der Waals surface area contributed by atoms with E-state index in [0.29, 0.717) is 11.6 Å². The summed E-state index contributed by atoms with van der Waals surface area (Å²) in [6.45, 7) is 2.05. The van der Waals surface area contributed by atoms with Crippen molar-refractivity contribution in [2.24, 2.45) is 5.73 Å². The third kappa shape index (κ3) is 3.06. The Kier molecular flexibility index (Phi) is 3.40. The molecule has 0 spiro atoms. The second-order valence-corrected chi connectivity index (χ2v) is 6.15. The molecular formula is C7H12N2O2S2. The lowest BCUT2D eigenvalue weighted by atomic mass is 10.6. The second kappa shape index (κ2) is 4.17. The lowest BCUT2D eigenvalue weighted by Gasteiger charge is -1.95. The van der Waals surface area contributed by atoms with Crippen molar-refractivity contribution >= 4 is 21.2 Å². The number of sulfone groups is 1. The van der Waals surface area contributed by atoms with Gasteiger partial charge in [0.15, 0.2) is 9.84 Å². The maximum Gasteiger partial charge on any atom is 0.156 e. The summed E-state index contributed by atoms with van der Waals surface area (Å²) in [5.41, 5.74) is 5.38. The molecule has 0 aliphatic rings. The molecule has 0 bridgehead atoms. The fourth-order valence-electron chi connectivity index (χ4n) is 0.799. The highest BCUT2D eigenvalue weighted by Crippen LogP contribution is 2.14. The average molecular weight is 220 g/mol. The van der Waals surface area contributed by atoms with Crippen LogP contribution < -0.4 is 5.73 Å². The molecule has 1 heterocycles. The van der Waals surface area contributed by atoms with E-state index >= 15 is 0 Å². The Morgan fingerprint density at radius 1 is 1.62 bits per heavy atom. The summed E-state index contributed by atoms with van der Waals surface area (Å²) >= 11 is 1.36. The third-order valence-corrected chi connectivity index (χ3v) is 4.38. The van der Waals surface area contributed by atoms with Gasteiger partial charge in [0, 0.05) is 23.4 Å². The highest BCUT2D eigenvalue weighted by atomic mass is 32.2. The molecule has 74 valence electrons. The summed E-state index contributed by atoms with van der Waals surface area (Å²) in [6, 6.07) is 0. The van der Waals surface area contributed by atoms with Gasteiger partial charge in [-0.25, -0.2) is 13.4 Å². The molecule has 0 aromatic carbocycles. The first-order valence-electron chi connectivity index (χ1n) is 3.91. The molecule has 2 N–H and O–H groups in total. The topological polar surface area (TPSA) is 73.0 Å². The maximum absolute atomic E-state index is 11.2. The van der Waals surface area contributed by atoms with Crippen LogP contribution in [0, 0.1) is 0 Å². The SMILES string of the molecule is CCS(=O)(=O)Cc1ncc(CN)s1. The van der Waals surface area contributed by atoms with Crippen LogP contribution in [0.1, 0.15) is 16.8 Å². The van der Waals surface area contributed by atoms with Crippen LogP contribution in [0.15, 0.2) is 6.20 Å². The first kappa shape index (κ1) is 10.6. The molecule has 0 radical (unpaired) electrons. The number of nitrogens with zero attached hydrogens (tertiary/aromatic N) is 1. The minimum Gasteiger partial charge on any atom is -0.326 e. The Morgan fingerprint density at radius 2 is 2.31 bits per heavy atom. The highest BCUT2D eigenvalue weighted by Gasteiger charge is 2.11. The van der Waals surface area contributed by atoms with Crippen molar-refractivity contribution < 1.29 is 8.42 Å². The molecule has 1 aromatic heterocycles. The van der Waals surface area contributed by atoms with Gasteiger partial charge in [-0.3, -0.25) is 0 Å². The van der Waals surface area contributed by atoms with Crippen LogP contribution in [0.25, 0.3) is 0 Å². The fourth-order valence-corrected chi connectivity index (χ4v) is 2.83. The standard InChI is InChI=1S/C7H12N2O2S2/c1-2-13(10,11)5-7-9-4-6(3-8)12-7/h4H,2-3,5,8H2,1H3. The summed E-state index contributed by atoms with van der Waals surface area (Å²) in [5.74, 6) is 0.193. The summed E-state index contributed by atoms with van der Waals surface area (Å²) < 4.78 is 22.4. The average Bonchev–Trinajstić information content (AvgIpc) is 2.52. The normalized spacial score (nSPS) is 11.8. The smallest absolute Gasteiger partial charge is 0.156 e. The van der Waals surface area contributed by atoms with E-state index in [9.17, 15) is 8.42 Å². The largest absolute Gasteiger partial charge is 0.326 e. The molecule has 0 aliphatic carbocycles. The van der Waals surface area contributed by atoms with Crippen molar-refractivity contribution in [1.29, 1.82) is 0 Å². The molecule has 0 atom stereocenters. The van der Waals surface area contributed by atoms with Crippen LogP contribution in [-0.4, -0.2) is 19.2 Å². The first-order chi connectivity index (χ1) is 6.07. The molecule has 0 aliphatic heterocycles. The molecule has 6 heteroatoms. The molecule has 0 saturated heterocycles. The molecule has 0 amide bonds. The zero-order chi connectivity index (χ0) is 9.90. The van der Waals surface area contributed by atoms with Crippen LogP contribution in [0.3, 0.4) is 0 Å². The summed E-state index contributed by atoms with van der Waals surface area (Å²) in [7, 11) is -2.96. The highest BCUT2D eigenvalue weighted by molar-refractivity contribution is 7.90. The lowest BCUT2D eigenvalue weighted by molar-refractivity contribution is 0.596. The van der Waals surface area contributed by atoms with Gasteiger partial charge in [-0.15, -0.1) is 11.3 Å².